The molecular formula is C21H28N2O6S2. The minimum atomic E-state index is -3.50. The fourth-order valence-electron chi connectivity index (χ4n) is 3.77. The average Bonchev–Trinajstić information content (AvgIpc) is 3.34. The zero-order valence-corrected chi connectivity index (χ0v) is 19.6. The SMILES string of the molecule is COc1cc(C(=O)NCCC2CCCCN2S(=O)(=O)c2cccs2)cc(OC)c1OC. The van der Waals surface area contributed by atoms with E-state index >= 15 is 0 Å². The summed E-state index contributed by atoms with van der Waals surface area (Å²) in [5.41, 5.74) is 0.376. The Morgan fingerprint density at radius 2 is 1.87 bits per heavy atom. The number of carbonyl (C=O) groups is 1. The molecule has 0 bridgehead atoms. The summed E-state index contributed by atoms with van der Waals surface area (Å²) < 4.78 is 43.8. The maximum absolute atomic E-state index is 13.0. The van der Waals surface area contributed by atoms with Crippen LogP contribution in [0.15, 0.2) is 33.9 Å². The molecule has 8 nitrogen and oxygen atoms in total. The number of hydrogen-bond donors (Lipinski definition) is 1. The number of sulfonamides is 1. The summed E-state index contributed by atoms with van der Waals surface area (Å²) >= 11 is 1.23. The first-order valence-corrected chi connectivity index (χ1v) is 12.4. The van der Waals surface area contributed by atoms with Crippen molar-refractivity contribution in [2.24, 2.45) is 0 Å². The highest BCUT2D eigenvalue weighted by Gasteiger charge is 2.33. The second-order valence-corrected chi connectivity index (χ2v) is 10.2. The summed E-state index contributed by atoms with van der Waals surface area (Å²) in [5, 5.41) is 4.65. The highest BCUT2D eigenvalue weighted by atomic mass is 32.2. The molecule has 1 aromatic carbocycles. The molecule has 1 atom stereocenters. The molecule has 1 aromatic heterocycles. The first kappa shape index (κ1) is 23.4. The van der Waals surface area contributed by atoms with Gasteiger partial charge >= 0.3 is 0 Å². The molecule has 1 unspecified atom stereocenters. The molecule has 1 amide bonds. The number of ether oxygens (including phenoxy) is 3. The molecule has 0 spiro atoms. The number of methoxy groups -OCH3 is 3. The monoisotopic (exact) mass is 468 g/mol. The zero-order valence-electron chi connectivity index (χ0n) is 17.9. The molecular weight excluding hydrogens is 440 g/mol. The van der Waals surface area contributed by atoms with E-state index in [9.17, 15) is 13.2 Å². The van der Waals surface area contributed by atoms with Gasteiger partial charge in [0.25, 0.3) is 15.9 Å². The van der Waals surface area contributed by atoms with E-state index in [1.807, 2.05) is 0 Å². The van der Waals surface area contributed by atoms with Crippen LogP contribution in [-0.2, 0) is 10.0 Å². The van der Waals surface area contributed by atoms with Gasteiger partial charge in [0, 0.05) is 24.7 Å². The Kier molecular flexibility index (Phi) is 7.79. The highest BCUT2D eigenvalue weighted by Crippen LogP contribution is 2.38. The van der Waals surface area contributed by atoms with Gasteiger partial charge in [0.2, 0.25) is 5.75 Å². The molecule has 10 heteroatoms. The van der Waals surface area contributed by atoms with E-state index in [2.05, 4.69) is 5.32 Å². The highest BCUT2D eigenvalue weighted by molar-refractivity contribution is 7.91. The smallest absolute Gasteiger partial charge is 0.252 e. The Balaban J connectivity index is 1.67. The molecule has 1 N–H and O–H groups in total. The molecule has 0 aliphatic carbocycles. The van der Waals surface area contributed by atoms with E-state index in [0.717, 1.165) is 19.3 Å². The molecule has 0 saturated carbocycles. The molecule has 2 aromatic rings. The van der Waals surface area contributed by atoms with Gasteiger partial charge in [-0.15, -0.1) is 11.3 Å². The summed E-state index contributed by atoms with van der Waals surface area (Å²) in [4.78, 5) is 12.7. The van der Waals surface area contributed by atoms with Gasteiger partial charge < -0.3 is 19.5 Å². The van der Waals surface area contributed by atoms with Crippen LogP contribution in [0.1, 0.15) is 36.0 Å². The van der Waals surface area contributed by atoms with Gasteiger partial charge in [-0.3, -0.25) is 4.79 Å². The van der Waals surface area contributed by atoms with Crippen LogP contribution in [0, 0.1) is 0 Å². The van der Waals surface area contributed by atoms with Gasteiger partial charge in [0.05, 0.1) is 21.3 Å². The minimum absolute atomic E-state index is 0.138. The number of amides is 1. The number of nitrogens with one attached hydrogen (secondary N) is 1. The largest absolute Gasteiger partial charge is 0.493 e. The third kappa shape index (κ3) is 5.13. The van der Waals surface area contributed by atoms with Gasteiger partial charge in [-0.25, -0.2) is 8.42 Å². The standard InChI is InChI=1S/C21H28N2O6S2/c1-27-17-13-15(14-18(28-2)20(17)29-3)21(24)22-10-9-16-7-4-5-11-23(16)31(25,26)19-8-6-12-30-19/h6,8,12-14,16H,4-5,7,9-11H2,1-3H3,(H,22,24). The Bertz CT molecular complexity index is 966. The summed E-state index contributed by atoms with van der Waals surface area (Å²) in [7, 11) is 0.978. The molecule has 170 valence electrons. The van der Waals surface area contributed by atoms with Crippen LogP contribution in [0.4, 0.5) is 0 Å². The third-order valence-corrected chi connectivity index (χ3v) is 8.65. The Morgan fingerprint density at radius 1 is 1.16 bits per heavy atom. The first-order chi connectivity index (χ1) is 14.9. The van der Waals surface area contributed by atoms with Crippen LogP contribution >= 0.6 is 11.3 Å². The lowest BCUT2D eigenvalue weighted by molar-refractivity contribution is 0.0948. The number of carbonyl (C=O) groups excluding carboxylic acids is 1. The minimum Gasteiger partial charge on any atom is -0.493 e. The summed E-state index contributed by atoms with van der Waals surface area (Å²) in [5.74, 6) is 0.918. The van der Waals surface area contributed by atoms with E-state index in [0.29, 0.717) is 46.5 Å². The van der Waals surface area contributed by atoms with Gasteiger partial charge in [0.1, 0.15) is 4.21 Å². The third-order valence-electron chi connectivity index (χ3n) is 5.32. The van der Waals surface area contributed by atoms with Crippen molar-refractivity contribution < 1.29 is 27.4 Å². The van der Waals surface area contributed by atoms with E-state index in [-0.39, 0.29) is 11.9 Å². The summed E-state index contributed by atoms with van der Waals surface area (Å²) in [6.45, 7) is 0.863. The number of piperidine rings is 1. The maximum atomic E-state index is 13.0. The van der Waals surface area contributed by atoms with Crippen molar-refractivity contribution in [1.29, 1.82) is 0 Å². The Morgan fingerprint density at radius 3 is 2.45 bits per heavy atom. The topological polar surface area (TPSA) is 94.2 Å². The van der Waals surface area contributed by atoms with Crippen molar-refractivity contribution in [2.45, 2.75) is 35.9 Å². The zero-order chi connectivity index (χ0) is 22.4. The molecule has 1 saturated heterocycles. The van der Waals surface area contributed by atoms with Crippen LogP contribution < -0.4 is 19.5 Å². The number of rotatable bonds is 9. The van der Waals surface area contributed by atoms with Crippen LogP contribution in [0.25, 0.3) is 0 Å². The van der Waals surface area contributed by atoms with Gasteiger partial charge in [-0.1, -0.05) is 12.5 Å². The molecule has 31 heavy (non-hydrogen) atoms. The van der Waals surface area contributed by atoms with Crippen molar-refractivity contribution in [3.63, 3.8) is 0 Å². The van der Waals surface area contributed by atoms with Gasteiger partial charge in [-0.05, 0) is 42.8 Å². The quantitative estimate of drug-likeness (QED) is 0.608. The predicted octanol–water partition coefficient (Wildman–Crippen LogP) is 3.14. The summed E-state index contributed by atoms with van der Waals surface area (Å²) in [6, 6.07) is 6.42. The first-order valence-electron chi connectivity index (χ1n) is 10.1. The molecule has 1 fully saturated rings. The maximum Gasteiger partial charge on any atom is 0.252 e. The lowest BCUT2D eigenvalue weighted by Gasteiger charge is -2.34. The molecule has 1 aliphatic rings. The average molecular weight is 469 g/mol. The van der Waals surface area contributed by atoms with E-state index < -0.39 is 10.0 Å². The summed E-state index contributed by atoms with van der Waals surface area (Å²) in [6.07, 6.45) is 3.15. The lowest BCUT2D eigenvalue weighted by Crippen LogP contribution is -2.44. The van der Waals surface area contributed by atoms with Crippen LogP contribution in [0.2, 0.25) is 0 Å². The number of hydrogen-bond acceptors (Lipinski definition) is 7. The van der Waals surface area contributed by atoms with E-state index in [1.165, 1.54) is 32.7 Å². The van der Waals surface area contributed by atoms with Crippen LogP contribution in [-0.4, -0.2) is 59.1 Å². The fourth-order valence-corrected chi connectivity index (χ4v) is 6.61. The van der Waals surface area contributed by atoms with Crippen molar-refractivity contribution in [1.82, 2.24) is 9.62 Å². The predicted molar refractivity (Wildman–Crippen MR) is 119 cm³/mol. The molecule has 2 heterocycles. The number of nitrogens with zero attached hydrogens (tertiary/aromatic N) is 1. The van der Waals surface area contributed by atoms with Crippen molar-refractivity contribution in [3.8, 4) is 17.2 Å². The van der Waals surface area contributed by atoms with E-state index in [1.54, 1.807) is 34.0 Å². The Labute approximate surface area is 187 Å². The normalized spacial score (nSPS) is 17.2. The van der Waals surface area contributed by atoms with Crippen molar-refractivity contribution in [3.05, 3.63) is 35.2 Å². The number of benzene rings is 1. The van der Waals surface area contributed by atoms with Gasteiger partial charge in [-0.2, -0.15) is 4.31 Å². The number of thiophene rings is 1. The van der Waals surface area contributed by atoms with Crippen molar-refractivity contribution in [2.75, 3.05) is 34.4 Å². The molecule has 3 rings (SSSR count). The fraction of sp³-hybridized carbons (Fsp3) is 0.476. The molecule has 0 radical (unpaired) electrons. The van der Waals surface area contributed by atoms with E-state index in [4.69, 9.17) is 14.2 Å². The Hall–Kier alpha value is -2.30. The van der Waals surface area contributed by atoms with Crippen LogP contribution in [0.5, 0.6) is 17.2 Å². The van der Waals surface area contributed by atoms with Crippen LogP contribution in [0.3, 0.4) is 0 Å². The van der Waals surface area contributed by atoms with Gasteiger partial charge in [0.15, 0.2) is 11.5 Å². The van der Waals surface area contributed by atoms with Crippen molar-refractivity contribution >= 4 is 27.3 Å². The second kappa shape index (κ2) is 10.3. The molecule has 1 aliphatic heterocycles. The second-order valence-electron chi connectivity index (χ2n) is 7.16. The lowest BCUT2D eigenvalue weighted by atomic mass is 10.0.